The van der Waals surface area contributed by atoms with Crippen molar-refractivity contribution in [3.8, 4) is 0 Å². The van der Waals surface area contributed by atoms with Crippen LogP contribution in [0.2, 0.25) is 0 Å². The molecule has 0 aliphatic rings. The summed E-state index contributed by atoms with van der Waals surface area (Å²) in [5.41, 5.74) is 8.01. The summed E-state index contributed by atoms with van der Waals surface area (Å²) in [4.78, 5) is 18.2. The van der Waals surface area contributed by atoms with Crippen LogP contribution < -0.4 is 10.6 Å². The first kappa shape index (κ1) is 11.5. The van der Waals surface area contributed by atoms with Gasteiger partial charge in [0.05, 0.1) is 0 Å². The number of fused-ring (bicyclic) bond motifs is 1. The number of benzene rings is 1. The van der Waals surface area contributed by atoms with E-state index < -0.39 is 0 Å². The van der Waals surface area contributed by atoms with Crippen LogP contribution in [0.4, 0.5) is 5.82 Å². The molecule has 0 amide bonds. The fraction of sp³-hybridized carbons (Fsp3) is 0.154. The molecule has 0 spiro atoms. The maximum absolute atomic E-state index is 5.80. The molecule has 6 nitrogen and oxygen atoms in total. The SMILES string of the molecule is Cc1nc(N)c2ncn(OCc3ccccc3)c2n1. The quantitative estimate of drug-likeness (QED) is 0.764. The van der Waals surface area contributed by atoms with Crippen LogP contribution in [0.15, 0.2) is 36.7 Å². The van der Waals surface area contributed by atoms with Gasteiger partial charge in [0.15, 0.2) is 11.3 Å². The molecule has 0 saturated carbocycles. The molecule has 96 valence electrons. The lowest BCUT2D eigenvalue weighted by Gasteiger charge is -2.07. The Hall–Kier alpha value is -2.63. The zero-order chi connectivity index (χ0) is 13.2. The lowest BCUT2D eigenvalue weighted by Crippen LogP contribution is -2.11. The van der Waals surface area contributed by atoms with Crippen molar-refractivity contribution in [3.63, 3.8) is 0 Å². The third-order valence-corrected chi connectivity index (χ3v) is 2.72. The van der Waals surface area contributed by atoms with E-state index in [0.29, 0.717) is 29.4 Å². The molecule has 3 rings (SSSR count). The van der Waals surface area contributed by atoms with Crippen LogP contribution in [0.3, 0.4) is 0 Å². The lowest BCUT2D eigenvalue weighted by molar-refractivity contribution is 0.105. The van der Waals surface area contributed by atoms with E-state index in [1.807, 2.05) is 30.3 Å². The number of anilines is 1. The second-order valence-electron chi connectivity index (χ2n) is 4.16. The molecular weight excluding hydrogens is 242 g/mol. The molecule has 0 fully saturated rings. The molecular formula is C13H13N5O. The highest BCUT2D eigenvalue weighted by Gasteiger charge is 2.10. The van der Waals surface area contributed by atoms with Gasteiger partial charge in [-0.25, -0.2) is 15.0 Å². The molecule has 0 radical (unpaired) electrons. The normalized spacial score (nSPS) is 10.8. The summed E-state index contributed by atoms with van der Waals surface area (Å²) in [6.45, 7) is 2.22. The van der Waals surface area contributed by atoms with Crippen LogP contribution in [0.1, 0.15) is 11.4 Å². The van der Waals surface area contributed by atoms with Crippen molar-refractivity contribution in [3.05, 3.63) is 48.0 Å². The predicted molar refractivity (Wildman–Crippen MR) is 71.2 cm³/mol. The highest BCUT2D eigenvalue weighted by atomic mass is 16.7. The van der Waals surface area contributed by atoms with Gasteiger partial charge in [0.25, 0.3) is 0 Å². The summed E-state index contributed by atoms with van der Waals surface area (Å²) in [6, 6.07) is 9.89. The summed E-state index contributed by atoms with van der Waals surface area (Å²) in [5, 5.41) is 0. The van der Waals surface area contributed by atoms with Crippen molar-refractivity contribution >= 4 is 17.0 Å². The molecule has 2 heterocycles. The Morgan fingerprint density at radius 1 is 1.21 bits per heavy atom. The Morgan fingerprint density at radius 3 is 2.79 bits per heavy atom. The molecule has 3 aromatic rings. The molecule has 0 saturated heterocycles. The first-order valence-electron chi connectivity index (χ1n) is 5.88. The number of nitrogens with zero attached hydrogens (tertiary/aromatic N) is 4. The largest absolute Gasteiger partial charge is 0.406 e. The number of rotatable bonds is 3. The average molecular weight is 255 g/mol. The van der Waals surface area contributed by atoms with Crippen molar-refractivity contribution in [1.82, 2.24) is 19.7 Å². The fourth-order valence-electron chi connectivity index (χ4n) is 1.83. The smallest absolute Gasteiger partial charge is 0.201 e. The van der Waals surface area contributed by atoms with Crippen LogP contribution in [0, 0.1) is 6.92 Å². The minimum atomic E-state index is 0.365. The fourth-order valence-corrected chi connectivity index (χ4v) is 1.83. The molecule has 6 heteroatoms. The maximum atomic E-state index is 5.80. The van der Waals surface area contributed by atoms with Crippen LogP contribution in [-0.2, 0) is 6.61 Å². The van der Waals surface area contributed by atoms with Crippen LogP contribution in [0.5, 0.6) is 0 Å². The van der Waals surface area contributed by atoms with Gasteiger partial charge in [-0.15, -0.1) is 0 Å². The number of nitrogen functional groups attached to an aromatic ring is 1. The number of imidazole rings is 1. The molecule has 0 aliphatic heterocycles. The molecule has 19 heavy (non-hydrogen) atoms. The summed E-state index contributed by atoms with van der Waals surface area (Å²) in [7, 11) is 0. The summed E-state index contributed by atoms with van der Waals surface area (Å²) in [6.07, 6.45) is 1.55. The van der Waals surface area contributed by atoms with Crippen molar-refractivity contribution < 1.29 is 4.84 Å². The molecule has 2 aromatic heterocycles. The maximum Gasteiger partial charge on any atom is 0.201 e. The van der Waals surface area contributed by atoms with Gasteiger partial charge >= 0.3 is 0 Å². The van der Waals surface area contributed by atoms with E-state index in [4.69, 9.17) is 10.6 Å². The van der Waals surface area contributed by atoms with Gasteiger partial charge in [-0.3, -0.25) is 0 Å². The number of aryl methyl sites for hydroxylation is 1. The van der Waals surface area contributed by atoms with E-state index in [2.05, 4.69) is 15.0 Å². The van der Waals surface area contributed by atoms with Gasteiger partial charge in [-0.05, 0) is 12.5 Å². The summed E-state index contributed by atoms with van der Waals surface area (Å²) < 4.78 is 1.52. The van der Waals surface area contributed by atoms with Gasteiger partial charge in [0, 0.05) is 0 Å². The van der Waals surface area contributed by atoms with Gasteiger partial charge in [0.1, 0.15) is 18.8 Å². The Kier molecular flexibility index (Phi) is 2.75. The summed E-state index contributed by atoms with van der Waals surface area (Å²) >= 11 is 0. The Morgan fingerprint density at radius 2 is 2.00 bits per heavy atom. The minimum Gasteiger partial charge on any atom is -0.406 e. The van der Waals surface area contributed by atoms with E-state index in [9.17, 15) is 0 Å². The first-order valence-corrected chi connectivity index (χ1v) is 5.88. The molecule has 0 atom stereocenters. The molecule has 1 aromatic carbocycles. The van der Waals surface area contributed by atoms with Crippen molar-refractivity contribution in [1.29, 1.82) is 0 Å². The highest BCUT2D eigenvalue weighted by Crippen LogP contribution is 2.15. The Bertz CT molecular complexity index is 708. The van der Waals surface area contributed by atoms with E-state index in [1.54, 1.807) is 13.3 Å². The number of hydrogen-bond donors (Lipinski definition) is 1. The van der Waals surface area contributed by atoms with Gasteiger partial charge in [0.2, 0.25) is 5.65 Å². The average Bonchev–Trinajstić information content (AvgIpc) is 2.81. The zero-order valence-electron chi connectivity index (χ0n) is 10.4. The van der Waals surface area contributed by atoms with Crippen LogP contribution >= 0.6 is 0 Å². The highest BCUT2D eigenvalue weighted by molar-refractivity contribution is 5.81. The van der Waals surface area contributed by atoms with E-state index >= 15 is 0 Å². The van der Waals surface area contributed by atoms with E-state index in [-0.39, 0.29) is 0 Å². The molecule has 0 unspecified atom stereocenters. The Balaban J connectivity index is 1.89. The monoisotopic (exact) mass is 255 g/mol. The molecule has 2 N–H and O–H groups in total. The van der Waals surface area contributed by atoms with E-state index in [0.717, 1.165) is 5.56 Å². The lowest BCUT2D eigenvalue weighted by atomic mass is 10.2. The predicted octanol–water partition coefficient (Wildman–Crippen LogP) is 1.35. The van der Waals surface area contributed by atoms with Gasteiger partial charge < -0.3 is 10.6 Å². The molecule has 0 aliphatic carbocycles. The standard InChI is InChI=1S/C13H13N5O/c1-9-16-12(14)11-13(17-9)18(8-15-11)19-7-10-5-3-2-4-6-10/h2-6,8H,7H2,1H3,(H2,14,16,17). The third-order valence-electron chi connectivity index (χ3n) is 2.72. The first-order chi connectivity index (χ1) is 9.24. The van der Waals surface area contributed by atoms with Crippen molar-refractivity contribution in [2.24, 2.45) is 0 Å². The molecule has 0 bridgehead atoms. The van der Waals surface area contributed by atoms with Gasteiger partial charge in [-0.1, -0.05) is 30.3 Å². The summed E-state index contributed by atoms with van der Waals surface area (Å²) in [5.74, 6) is 0.958. The van der Waals surface area contributed by atoms with Crippen LogP contribution in [-0.4, -0.2) is 19.7 Å². The second kappa shape index (κ2) is 4.56. The van der Waals surface area contributed by atoms with Crippen LogP contribution in [0.25, 0.3) is 11.2 Å². The second-order valence-corrected chi connectivity index (χ2v) is 4.16. The van der Waals surface area contributed by atoms with Gasteiger partial charge in [-0.2, -0.15) is 4.73 Å². The topological polar surface area (TPSA) is 78.8 Å². The third kappa shape index (κ3) is 2.20. The van der Waals surface area contributed by atoms with E-state index in [1.165, 1.54) is 4.73 Å². The minimum absolute atomic E-state index is 0.365. The Labute approximate surface area is 109 Å². The zero-order valence-corrected chi connectivity index (χ0v) is 10.4. The number of nitrogens with two attached hydrogens (primary N) is 1. The van der Waals surface area contributed by atoms with Crippen molar-refractivity contribution in [2.75, 3.05) is 5.73 Å². The number of hydrogen-bond acceptors (Lipinski definition) is 5. The number of aromatic nitrogens is 4. The van der Waals surface area contributed by atoms with Crippen molar-refractivity contribution in [2.45, 2.75) is 13.5 Å².